The summed E-state index contributed by atoms with van der Waals surface area (Å²) in [5, 5.41) is 18.3. The summed E-state index contributed by atoms with van der Waals surface area (Å²) in [6, 6.07) is 7.31. The number of aryl methyl sites for hydroxylation is 3. The number of aromatic nitrogens is 3. The number of carbonyl (C=O) groups excluding carboxylic acids is 1. The lowest BCUT2D eigenvalue weighted by Gasteiger charge is -2.13. The van der Waals surface area contributed by atoms with Gasteiger partial charge in [0.05, 0.1) is 23.5 Å². The molecule has 1 unspecified atom stereocenters. The maximum absolute atomic E-state index is 12.7. The number of pyridine rings is 1. The molecule has 1 amide bonds. The van der Waals surface area contributed by atoms with E-state index >= 15 is 0 Å². The van der Waals surface area contributed by atoms with Gasteiger partial charge >= 0.3 is 0 Å². The van der Waals surface area contributed by atoms with Crippen LogP contribution in [0.2, 0.25) is 0 Å². The molecule has 4 rings (SSSR count). The maximum Gasteiger partial charge on any atom is 0.232 e. The number of rotatable bonds is 2. The van der Waals surface area contributed by atoms with Crippen molar-refractivity contribution in [2.45, 2.75) is 25.7 Å². The van der Waals surface area contributed by atoms with Crippen molar-refractivity contribution in [3.8, 4) is 5.75 Å². The first-order chi connectivity index (χ1) is 11.5. The van der Waals surface area contributed by atoms with E-state index in [9.17, 15) is 9.90 Å². The number of nitrogens with one attached hydrogen (secondary N) is 1. The summed E-state index contributed by atoms with van der Waals surface area (Å²) in [6.45, 7) is 1.92. The molecule has 0 saturated heterocycles. The number of aromatic hydroxyl groups is 1. The summed E-state index contributed by atoms with van der Waals surface area (Å²) in [5.74, 6) is -0.244. The quantitative estimate of drug-likeness (QED) is 0.760. The lowest BCUT2D eigenvalue weighted by Crippen LogP contribution is -2.19. The molecule has 0 fully saturated rings. The molecule has 2 N–H and O–H groups in total. The van der Waals surface area contributed by atoms with Gasteiger partial charge in [-0.3, -0.25) is 9.48 Å². The minimum Gasteiger partial charge on any atom is -0.508 e. The van der Waals surface area contributed by atoms with Crippen LogP contribution in [0.5, 0.6) is 5.75 Å². The average Bonchev–Trinajstić information content (AvgIpc) is 3.10. The zero-order chi connectivity index (χ0) is 16.8. The molecule has 6 nitrogen and oxygen atoms in total. The highest BCUT2D eigenvalue weighted by Crippen LogP contribution is 2.39. The molecule has 1 aromatic carbocycles. The molecule has 0 saturated carbocycles. The molecular formula is C18H18N4O2. The van der Waals surface area contributed by atoms with Crippen molar-refractivity contribution in [1.82, 2.24) is 14.8 Å². The molecule has 0 spiro atoms. The van der Waals surface area contributed by atoms with Gasteiger partial charge < -0.3 is 10.4 Å². The highest BCUT2D eigenvalue weighted by Gasteiger charge is 2.31. The highest BCUT2D eigenvalue weighted by molar-refractivity contribution is 5.98. The van der Waals surface area contributed by atoms with Crippen molar-refractivity contribution in [3.63, 3.8) is 0 Å². The van der Waals surface area contributed by atoms with E-state index in [2.05, 4.69) is 15.4 Å². The summed E-state index contributed by atoms with van der Waals surface area (Å²) in [6.07, 6.45) is 3.16. The first-order valence-corrected chi connectivity index (χ1v) is 7.95. The van der Waals surface area contributed by atoms with Crippen LogP contribution in [0, 0.1) is 6.92 Å². The Bertz CT molecular complexity index is 961. The number of carbonyl (C=O) groups is 1. The Morgan fingerprint density at radius 1 is 1.42 bits per heavy atom. The van der Waals surface area contributed by atoms with Gasteiger partial charge in [-0.2, -0.15) is 5.10 Å². The molecular weight excluding hydrogens is 304 g/mol. The molecule has 3 aromatic rings. The van der Waals surface area contributed by atoms with E-state index in [1.165, 1.54) is 0 Å². The van der Waals surface area contributed by atoms with Crippen molar-refractivity contribution in [3.05, 3.63) is 47.3 Å². The SMILES string of the molecule is Cc1nn(C)c2ncc(NC(=O)C3CCc4cccc(O)c43)cc12. The van der Waals surface area contributed by atoms with Gasteiger partial charge in [0, 0.05) is 18.0 Å². The zero-order valence-corrected chi connectivity index (χ0v) is 13.6. The van der Waals surface area contributed by atoms with Gasteiger partial charge in [-0.25, -0.2) is 4.98 Å². The fourth-order valence-corrected chi connectivity index (χ4v) is 3.53. The number of phenols is 1. The van der Waals surface area contributed by atoms with E-state index in [1.54, 1.807) is 16.9 Å². The van der Waals surface area contributed by atoms with Crippen LogP contribution in [0.1, 0.15) is 29.2 Å². The molecule has 1 aliphatic rings. The summed E-state index contributed by atoms with van der Waals surface area (Å²) >= 11 is 0. The van der Waals surface area contributed by atoms with Crippen molar-refractivity contribution >= 4 is 22.6 Å². The second-order valence-corrected chi connectivity index (χ2v) is 6.23. The Kier molecular flexibility index (Phi) is 3.26. The zero-order valence-electron chi connectivity index (χ0n) is 13.6. The van der Waals surface area contributed by atoms with E-state index in [4.69, 9.17) is 0 Å². The number of fused-ring (bicyclic) bond motifs is 2. The fourth-order valence-electron chi connectivity index (χ4n) is 3.53. The molecule has 0 aliphatic heterocycles. The third kappa shape index (κ3) is 2.22. The van der Waals surface area contributed by atoms with E-state index in [0.29, 0.717) is 12.1 Å². The number of hydrogen-bond donors (Lipinski definition) is 2. The molecule has 24 heavy (non-hydrogen) atoms. The van der Waals surface area contributed by atoms with Crippen LogP contribution in [-0.4, -0.2) is 25.8 Å². The first kappa shape index (κ1) is 14.7. The molecule has 2 heterocycles. The van der Waals surface area contributed by atoms with Crippen molar-refractivity contribution in [2.75, 3.05) is 5.32 Å². The Morgan fingerprint density at radius 3 is 3.08 bits per heavy atom. The monoisotopic (exact) mass is 322 g/mol. The van der Waals surface area contributed by atoms with Gasteiger partial charge in [-0.05, 0) is 37.5 Å². The van der Waals surface area contributed by atoms with Crippen LogP contribution < -0.4 is 5.32 Å². The topological polar surface area (TPSA) is 80.0 Å². The Morgan fingerprint density at radius 2 is 2.25 bits per heavy atom. The van der Waals surface area contributed by atoms with Crippen molar-refractivity contribution < 1.29 is 9.90 Å². The van der Waals surface area contributed by atoms with Crippen LogP contribution in [0.4, 0.5) is 5.69 Å². The largest absolute Gasteiger partial charge is 0.508 e. The second-order valence-electron chi connectivity index (χ2n) is 6.23. The molecule has 0 radical (unpaired) electrons. The third-order valence-electron chi connectivity index (χ3n) is 4.67. The normalized spacial score (nSPS) is 16.3. The third-order valence-corrected chi connectivity index (χ3v) is 4.67. The smallest absolute Gasteiger partial charge is 0.232 e. The number of nitrogens with zero attached hydrogens (tertiary/aromatic N) is 3. The molecule has 0 bridgehead atoms. The summed E-state index contributed by atoms with van der Waals surface area (Å²) < 4.78 is 1.72. The maximum atomic E-state index is 12.7. The number of anilines is 1. The van der Waals surface area contributed by atoms with Crippen molar-refractivity contribution in [1.29, 1.82) is 0 Å². The predicted molar refractivity (Wildman–Crippen MR) is 91.0 cm³/mol. The summed E-state index contributed by atoms with van der Waals surface area (Å²) in [7, 11) is 1.85. The first-order valence-electron chi connectivity index (χ1n) is 7.95. The van der Waals surface area contributed by atoms with Gasteiger partial charge in [-0.15, -0.1) is 0 Å². The van der Waals surface area contributed by atoms with E-state index in [0.717, 1.165) is 34.3 Å². The minimum atomic E-state index is -0.327. The molecule has 122 valence electrons. The number of phenolic OH excluding ortho intramolecular Hbond substituents is 1. The van der Waals surface area contributed by atoms with Crippen LogP contribution in [0.15, 0.2) is 30.5 Å². The molecule has 1 atom stereocenters. The number of amides is 1. The Balaban J connectivity index is 1.63. The van der Waals surface area contributed by atoms with Crippen molar-refractivity contribution in [2.24, 2.45) is 7.05 Å². The summed E-state index contributed by atoms with van der Waals surface area (Å²) in [5.41, 5.74) is 4.11. The predicted octanol–water partition coefficient (Wildman–Crippen LogP) is 2.65. The number of hydrogen-bond acceptors (Lipinski definition) is 4. The van der Waals surface area contributed by atoms with E-state index < -0.39 is 0 Å². The average molecular weight is 322 g/mol. The van der Waals surface area contributed by atoms with E-state index in [-0.39, 0.29) is 17.6 Å². The minimum absolute atomic E-state index is 0.113. The van der Waals surface area contributed by atoms with Gasteiger partial charge in [0.1, 0.15) is 5.75 Å². The van der Waals surface area contributed by atoms with Crippen LogP contribution in [-0.2, 0) is 18.3 Å². The summed E-state index contributed by atoms with van der Waals surface area (Å²) in [4.78, 5) is 17.1. The van der Waals surface area contributed by atoms with Crippen LogP contribution in [0.25, 0.3) is 11.0 Å². The van der Waals surface area contributed by atoms with Gasteiger partial charge in [0.25, 0.3) is 0 Å². The Hall–Kier alpha value is -2.89. The standard InChI is InChI=1S/C18H18N4O2/c1-10-14-8-12(9-19-17(14)22(2)21-10)20-18(24)13-7-6-11-4-3-5-15(23)16(11)13/h3-5,8-9,13,23H,6-7H2,1-2H3,(H,20,24). The Labute approximate surface area is 139 Å². The second kappa shape index (κ2) is 5.33. The van der Waals surface area contributed by atoms with Gasteiger partial charge in [-0.1, -0.05) is 12.1 Å². The lowest BCUT2D eigenvalue weighted by atomic mass is 9.99. The van der Waals surface area contributed by atoms with Crippen LogP contribution in [0.3, 0.4) is 0 Å². The number of benzene rings is 1. The van der Waals surface area contributed by atoms with Crippen LogP contribution >= 0.6 is 0 Å². The fraction of sp³-hybridized carbons (Fsp3) is 0.278. The van der Waals surface area contributed by atoms with Gasteiger partial charge in [0.2, 0.25) is 5.91 Å². The van der Waals surface area contributed by atoms with E-state index in [1.807, 2.05) is 32.2 Å². The molecule has 2 aromatic heterocycles. The lowest BCUT2D eigenvalue weighted by molar-refractivity contribution is -0.117. The van der Waals surface area contributed by atoms with Gasteiger partial charge in [0.15, 0.2) is 5.65 Å². The molecule has 1 aliphatic carbocycles. The molecule has 6 heteroatoms. The highest BCUT2D eigenvalue weighted by atomic mass is 16.3.